The zero-order valence-electron chi connectivity index (χ0n) is 20.7. The lowest BCUT2D eigenvalue weighted by atomic mass is 9.79. The van der Waals surface area contributed by atoms with Gasteiger partial charge < -0.3 is 20.4 Å². The third-order valence-electron chi connectivity index (χ3n) is 6.91. The predicted octanol–water partition coefficient (Wildman–Crippen LogP) is 3.13. The fraction of sp³-hybridized carbons (Fsp3) is 0.538. The van der Waals surface area contributed by atoms with Gasteiger partial charge in [-0.2, -0.15) is 4.98 Å². The highest BCUT2D eigenvalue weighted by Crippen LogP contribution is 2.41. The van der Waals surface area contributed by atoms with Crippen LogP contribution < -0.4 is 15.5 Å². The first-order valence-electron chi connectivity index (χ1n) is 12.1. The van der Waals surface area contributed by atoms with E-state index in [9.17, 15) is 9.59 Å². The van der Waals surface area contributed by atoms with Crippen LogP contribution in [0, 0.1) is 18.3 Å². The first-order valence-corrected chi connectivity index (χ1v) is 12.1. The van der Waals surface area contributed by atoms with Gasteiger partial charge in [-0.1, -0.05) is 32.1 Å². The Hall–Kier alpha value is -3.16. The molecule has 8 heteroatoms. The summed E-state index contributed by atoms with van der Waals surface area (Å²) in [4.78, 5) is 38.0. The van der Waals surface area contributed by atoms with Crippen molar-refractivity contribution in [3.63, 3.8) is 0 Å². The van der Waals surface area contributed by atoms with Crippen LogP contribution in [0.5, 0.6) is 0 Å². The summed E-state index contributed by atoms with van der Waals surface area (Å²) in [5, 5.41) is 7.29. The van der Waals surface area contributed by atoms with Crippen LogP contribution in [0.25, 0.3) is 10.9 Å². The molecule has 1 spiro atoms. The second kappa shape index (κ2) is 9.60. The van der Waals surface area contributed by atoms with Gasteiger partial charge in [0.25, 0.3) is 0 Å². The van der Waals surface area contributed by atoms with Crippen LogP contribution in [0.1, 0.15) is 38.7 Å². The van der Waals surface area contributed by atoms with E-state index in [-0.39, 0.29) is 23.3 Å². The molecule has 0 aliphatic carbocycles. The number of fused-ring (bicyclic) bond motifs is 1. The van der Waals surface area contributed by atoms with Gasteiger partial charge in [-0.3, -0.25) is 9.59 Å². The molecular formula is C26H36N6O2. The van der Waals surface area contributed by atoms with E-state index in [0.29, 0.717) is 18.3 Å². The maximum Gasteiger partial charge on any atom is 0.245 e. The molecule has 2 aliphatic heterocycles. The van der Waals surface area contributed by atoms with Crippen molar-refractivity contribution in [2.75, 3.05) is 43.4 Å². The number of hydrogen-bond donors (Lipinski definition) is 2. The molecule has 2 fully saturated rings. The number of amides is 2. The van der Waals surface area contributed by atoms with Gasteiger partial charge in [0.2, 0.25) is 17.8 Å². The normalized spacial score (nSPS) is 17.7. The number of nitrogens with zero attached hydrogens (tertiary/aromatic N) is 4. The van der Waals surface area contributed by atoms with E-state index in [4.69, 9.17) is 9.97 Å². The predicted molar refractivity (Wildman–Crippen MR) is 136 cm³/mol. The van der Waals surface area contributed by atoms with Crippen molar-refractivity contribution in [3.8, 4) is 0 Å². The van der Waals surface area contributed by atoms with Gasteiger partial charge in [0.15, 0.2) is 0 Å². The average Bonchev–Trinajstić information content (AvgIpc) is 3.23. The number of nitrogens with one attached hydrogen (secondary N) is 2. The van der Waals surface area contributed by atoms with Crippen LogP contribution in [-0.4, -0.2) is 66.0 Å². The van der Waals surface area contributed by atoms with E-state index < -0.39 is 0 Å². The fourth-order valence-corrected chi connectivity index (χ4v) is 5.18. The lowest BCUT2D eigenvalue weighted by molar-refractivity contribution is -0.136. The van der Waals surface area contributed by atoms with Crippen molar-refractivity contribution < 1.29 is 9.59 Å². The Morgan fingerprint density at radius 1 is 1.24 bits per heavy atom. The molecule has 0 bridgehead atoms. The van der Waals surface area contributed by atoms with Gasteiger partial charge in [-0.25, -0.2) is 4.98 Å². The molecule has 4 rings (SSSR count). The maximum atomic E-state index is 12.2. The van der Waals surface area contributed by atoms with Crippen molar-refractivity contribution in [1.82, 2.24) is 20.2 Å². The van der Waals surface area contributed by atoms with E-state index in [0.717, 1.165) is 61.3 Å². The summed E-state index contributed by atoms with van der Waals surface area (Å²) in [6.45, 7) is 13.2. The Balaban J connectivity index is 1.61. The fourth-order valence-electron chi connectivity index (χ4n) is 5.18. The minimum absolute atomic E-state index is 0.000182. The number of anilines is 2. The van der Waals surface area contributed by atoms with Crippen LogP contribution in [0.4, 0.5) is 11.8 Å². The summed E-state index contributed by atoms with van der Waals surface area (Å²) < 4.78 is 0. The average molecular weight is 465 g/mol. The molecule has 8 nitrogen and oxygen atoms in total. The van der Waals surface area contributed by atoms with E-state index in [1.807, 2.05) is 11.0 Å². The summed E-state index contributed by atoms with van der Waals surface area (Å²) in [5.41, 5.74) is 2.14. The van der Waals surface area contributed by atoms with Crippen molar-refractivity contribution in [2.45, 2.75) is 46.1 Å². The van der Waals surface area contributed by atoms with Gasteiger partial charge in [0.1, 0.15) is 5.82 Å². The zero-order valence-corrected chi connectivity index (χ0v) is 20.7. The van der Waals surface area contributed by atoms with Crippen molar-refractivity contribution in [2.24, 2.45) is 11.3 Å². The first-order chi connectivity index (χ1) is 16.2. The Labute approximate surface area is 201 Å². The summed E-state index contributed by atoms with van der Waals surface area (Å²) >= 11 is 0. The summed E-state index contributed by atoms with van der Waals surface area (Å²) in [7, 11) is 1.67. The summed E-state index contributed by atoms with van der Waals surface area (Å²) in [6.07, 6.45) is 3.65. The Morgan fingerprint density at radius 3 is 2.68 bits per heavy atom. The van der Waals surface area contributed by atoms with Crippen LogP contribution in [0.3, 0.4) is 0 Å². The molecule has 2 amide bonds. The highest BCUT2D eigenvalue weighted by atomic mass is 16.2. The number of aryl methyl sites for hydroxylation is 1. The van der Waals surface area contributed by atoms with Gasteiger partial charge in [-0.05, 0) is 43.9 Å². The van der Waals surface area contributed by atoms with Crippen molar-refractivity contribution >= 4 is 34.5 Å². The number of hydrogen-bond acceptors (Lipinski definition) is 6. The number of carbonyl (C=O) groups is 2. The quantitative estimate of drug-likeness (QED) is 0.584. The molecule has 2 aromatic rings. The molecule has 1 aromatic heterocycles. The Kier molecular flexibility index (Phi) is 6.77. The molecule has 0 radical (unpaired) electrons. The molecule has 0 unspecified atom stereocenters. The van der Waals surface area contributed by atoms with Gasteiger partial charge in [0, 0.05) is 56.5 Å². The number of carbonyl (C=O) groups excluding carboxylic acids is 2. The molecule has 2 aliphatic rings. The SMILES string of the molecule is C=CC(=O)N1CC2(CCN(c3nc(N[C@H](CC(=O)NC)CC(C)C)c4cc(C)ccc4n3)C2)C1. The highest BCUT2D eigenvalue weighted by molar-refractivity contribution is 5.91. The molecule has 3 heterocycles. The smallest absolute Gasteiger partial charge is 0.245 e. The number of likely N-dealkylation sites (tertiary alicyclic amines) is 1. The molecule has 0 saturated carbocycles. The lowest BCUT2D eigenvalue weighted by Gasteiger charge is -2.47. The zero-order chi connectivity index (χ0) is 24.5. The monoisotopic (exact) mass is 464 g/mol. The minimum Gasteiger partial charge on any atom is -0.366 e. The number of aromatic nitrogens is 2. The molecular weight excluding hydrogens is 428 g/mol. The summed E-state index contributed by atoms with van der Waals surface area (Å²) in [5.74, 6) is 1.93. The Morgan fingerprint density at radius 2 is 2.00 bits per heavy atom. The third kappa shape index (κ3) is 5.00. The molecule has 1 atom stereocenters. The van der Waals surface area contributed by atoms with E-state index >= 15 is 0 Å². The van der Waals surface area contributed by atoms with Gasteiger partial charge in [0.05, 0.1) is 5.52 Å². The van der Waals surface area contributed by atoms with Crippen molar-refractivity contribution in [1.29, 1.82) is 0 Å². The van der Waals surface area contributed by atoms with Crippen LogP contribution in [0.15, 0.2) is 30.9 Å². The minimum atomic E-state index is -0.0264. The second-order valence-corrected chi connectivity index (χ2v) is 10.3. The molecule has 182 valence electrons. The van der Waals surface area contributed by atoms with Crippen molar-refractivity contribution in [3.05, 3.63) is 36.4 Å². The van der Waals surface area contributed by atoms with Crippen LogP contribution in [-0.2, 0) is 9.59 Å². The standard InChI is InChI=1S/C26H36N6O2/c1-6-23(34)32-15-26(16-32)9-10-31(14-26)25-29-21-8-7-18(4)12-20(21)24(30-25)28-19(11-17(2)3)13-22(33)27-5/h6-8,12,17,19H,1,9-11,13-16H2,2-5H3,(H,27,33)(H,28,29,30)/t19-/m0/s1. The molecule has 2 saturated heterocycles. The molecule has 2 N–H and O–H groups in total. The number of benzene rings is 1. The maximum absolute atomic E-state index is 12.2. The lowest BCUT2D eigenvalue weighted by Crippen LogP contribution is -2.59. The van der Waals surface area contributed by atoms with Gasteiger partial charge >= 0.3 is 0 Å². The van der Waals surface area contributed by atoms with Crippen LogP contribution >= 0.6 is 0 Å². The largest absolute Gasteiger partial charge is 0.366 e. The topological polar surface area (TPSA) is 90.5 Å². The number of rotatable bonds is 8. The summed E-state index contributed by atoms with van der Waals surface area (Å²) in [6, 6.07) is 6.18. The van der Waals surface area contributed by atoms with Gasteiger partial charge in [-0.15, -0.1) is 0 Å². The first kappa shape index (κ1) is 24.0. The molecule has 34 heavy (non-hydrogen) atoms. The third-order valence-corrected chi connectivity index (χ3v) is 6.91. The van der Waals surface area contributed by atoms with Crippen LogP contribution in [0.2, 0.25) is 0 Å². The Bertz CT molecular complexity index is 1090. The second-order valence-electron chi connectivity index (χ2n) is 10.3. The van der Waals surface area contributed by atoms with E-state index in [2.05, 4.69) is 55.0 Å². The van der Waals surface area contributed by atoms with E-state index in [1.165, 1.54) is 6.08 Å². The van der Waals surface area contributed by atoms with E-state index in [1.54, 1.807) is 7.05 Å². The molecule has 1 aromatic carbocycles. The highest BCUT2D eigenvalue weighted by Gasteiger charge is 2.49.